The minimum atomic E-state index is -0.465. The lowest BCUT2D eigenvalue weighted by Crippen LogP contribution is -2.44. The predicted octanol–water partition coefficient (Wildman–Crippen LogP) is 1.54. The van der Waals surface area contributed by atoms with Crippen molar-refractivity contribution in [3.05, 3.63) is 56.6 Å². The van der Waals surface area contributed by atoms with Crippen LogP contribution in [-0.2, 0) is 20.1 Å². The van der Waals surface area contributed by atoms with Gasteiger partial charge in [0, 0.05) is 43.7 Å². The number of hydrogen-bond acceptors (Lipinski definition) is 7. The smallest absolute Gasteiger partial charge is 0.332 e. The molecule has 1 saturated heterocycles. The van der Waals surface area contributed by atoms with Crippen molar-refractivity contribution in [1.82, 2.24) is 28.7 Å². The summed E-state index contributed by atoms with van der Waals surface area (Å²) in [5, 5.41) is 0.939. The van der Waals surface area contributed by atoms with Crippen molar-refractivity contribution in [3.8, 4) is 11.8 Å². The van der Waals surface area contributed by atoms with E-state index in [0.29, 0.717) is 42.4 Å². The van der Waals surface area contributed by atoms with Gasteiger partial charge in [-0.2, -0.15) is 4.98 Å². The molecule has 1 aliphatic rings. The first-order valence-electron chi connectivity index (χ1n) is 12.3. The molecule has 1 aromatic carbocycles. The van der Waals surface area contributed by atoms with Gasteiger partial charge in [0.1, 0.15) is 5.82 Å². The fourth-order valence-corrected chi connectivity index (χ4v) is 4.85. The van der Waals surface area contributed by atoms with Crippen molar-refractivity contribution in [2.45, 2.75) is 52.2 Å². The van der Waals surface area contributed by atoms with Crippen molar-refractivity contribution in [2.24, 2.45) is 12.8 Å². The number of nitrogens with two attached hydrogens (primary N) is 1. The first-order valence-corrected chi connectivity index (χ1v) is 12.3. The maximum Gasteiger partial charge on any atom is 0.332 e. The molecule has 3 aromatic heterocycles. The van der Waals surface area contributed by atoms with Crippen LogP contribution in [-0.4, -0.2) is 47.8 Å². The molecule has 1 aliphatic heterocycles. The summed E-state index contributed by atoms with van der Waals surface area (Å²) in [5.74, 6) is 7.23. The summed E-state index contributed by atoms with van der Waals surface area (Å²) >= 11 is 0. The van der Waals surface area contributed by atoms with Crippen LogP contribution >= 0.6 is 0 Å². The molecule has 186 valence electrons. The van der Waals surface area contributed by atoms with Crippen LogP contribution in [0.1, 0.15) is 37.7 Å². The van der Waals surface area contributed by atoms with E-state index < -0.39 is 11.2 Å². The zero-order valence-electron chi connectivity index (χ0n) is 20.9. The Labute approximate surface area is 208 Å². The molecule has 0 amide bonds. The van der Waals surface area contributed by atoms with E-state index in [1.165, 1.54) is 9.13 Å². The zero-order chi connectivity index (χ0) is 25.4. The number of imidazole rings is 1. The van der Waals surface area contributed by atoms with Crippen molar-refractivity contribution < 1.29 is 0 Å². The summed E-state index contributed by atoms with van der Waals surface area (Å²) < 4.78 is 4.42. The number of rotatable bonds is 4. The number of para-hydroxylation sites is 1. The summed E-state index contributed by atoms with van der Waals surface area (Å²) in [7, 11) is 1.63. The Morgan fingerprint density at radius 1 is 1.11 bits per heavy atom. The van der Waals surface area contributed by atoms with Crippen LogP contribution < -0.4 is 21.9 Å². The van der Waals surface area contributed by atoms with Gasteiger partial charge in [-0.15, -0.1) is 5.92 Å². The Morgan fingerprint density at radius 3 is 2.69 bits per heavy atom. The number of nitrogens with zero attached hydrogens (tertiary/aromatic N) is 7. The largest absolute Gasteiger partial charge is 0.341 e. The molecule has 0 spiro atoms. The number of piperidine rings is 1. The van der Waals surface area contributed by atoms with E-state index in [4.69, 9.17) is 10.7 Å². The third-order valence-electron chi connectivity index (χ3n) is 6.63. The average Bonchev–Trinajstić information content (AvgIpc) is 3.25. The normalized spacial score (nSPS) is 15.9. The van der Waals surface area contributed by atoms with Crippen LogP contribution in [0.3, 0.4) is 0 Å². The second-order valence-electron chi connectivity index (χ2n) is 9.20. The molecule has 2 N–H and O–H groups in total. The number of benzene rings is 1. The lowest BCUT2D eigenvalue weighted by molar-refractivity contribution is 0.496. The number of hydrogen-bond donors (Lipinski definition) is 1. The van der Waals surface area contributed by atoms with E-state index in [1.807, 2.05) is 42.7 Å². The Bertz CT molecular complexity index is 1640. The third-order valence-corrected chi connectivity index (χ3v) is 6.63. The quantitative estimate of drug-likeness (QED) is 0.435. The highest BCUT2D eigenvalue weighted by atomic mass is 16.2. The Balaban J connectivity index is 1.68. The van der Waals surface area contributed by atoms with E-state index >= 15 is 0 Å². The molecular formula is C26H30N8O2. The first kappa shape index (κ1) is 23.8. The van der Waals surface area contributed by atoms with E-state index in [-0.39, 0.29) is 12.6 Å². The monoisotopic (exact) mass is 486 g/mol. The molecule has 10 nitrogen and oxygen atoms in total. The van der Waals surface area contributed by atoms with E-state index in [9.17, 15) is 9.59 Å². The molecule has 10 heteroatoms. The van der Waals surface area contributed by atoms with Crippen LogP contribution in [0.15, 0.2) is 33.9 Å². The molecule has 1 fully saturated rings. The standard InChI is InChI=1S/C26H30N8O2/c1-4-5-8-14-33-22-23(30-25(33)32-13-9-10-18(27)15-32)31(3)26(36)34(24(22)35)16-21-28-17(2)19-11-6-7-12-20(19)29-21/h6-7,11-12,18H,4,9-10,13-16,27H2,1-3H3. The predicted molar refractivity (Wildman–Crippen MR) is 140 cm³/mol. The van der Waals surface area contributed by atoms with Gasteiger partial charge < -0.3 is 10.6 Å². The summed E-state index contributed by atoms with van der Waals surface area (Å²) in [6, 6.07) is 7.72. The second kappa shape index (κ2) is 9.59. The van der Waals surface area contributed by atoms with Gasteiger partial charge in [-0.3, -0.25) is 18.5 Å². The van der Waals surface area contributed by atoms with Gasteiger partial charge in [0.2, 0.25) is 5.95 Å². The van der Waals surface area contributed by atoms with Crippen LogP contribution in [0.2, 0.25) is 0 Å². The fourth-order valence-electron chi connectivity index (χ4n) is 4.85. The maximum absolute atomic E-state index is 13.8. The third kappa shape index (κ3) is 4.16. The van der Waals surface area contributed by atoms with Gasteiger partial charge in [0.05, 0.1) is 18.6 Å². The highest BCUT2D eigenvalue weighted by molar-refractivity contribution is 5.80. The molecule has 0 saturated carbocycles. The number of aryl methyl sites for hydroxylation is 2. The minimum Gasteiger partial charge on any atom is -0.341 e. The number of aromatic nitrogens is 6. The van der Waals surface area contributed by atoms with Gasteiger partial charge in [0.15, 0.2) is 11.2 Å². The number of fused-ring (bicyclic) bond motifs is 2. The van der Waals surface area contributed by atoms with Crippen molar-refractivity contribution in [1.29, 1.82) is 0 Å². The molecule has 5 rings (SSSR count). The lowest BCUT2D eigenvalue weighted by Gasteiger charge is -2.31. The summed E-state index contributed by atoms with van der Waals surface area (Å²) in [6.45, 7) is 5.55. The number of anilines is 1. The average molecular weight is 487 g/mol. The maximum atomic E-state index is 13.8. The Kier molecular flexibility index (Phi) is 6.33. The highest BCUT2D eigenvalue weighted by Crippen LogP contribution is 2.23. The molecule has 0 aliphatic carbocycles. The van der Waals surface area contributed by atoms with Gasteiger partial charge >= 0.3 is 5.69 Å². The molecular weight excluding hydrogens is 456 g/mol. The molecule has 0 radical (unpaired) electrons. The van der Waals surface area contributed by atoms with Gasteiger partial charge in [-0.05, 0) is 25.8 Å². The lowest BCUT2D eigenvalue weighted by atomic mass is 10.1. The van der Waals surface area contributed by atoms with Gasteiger partial charge in [-0.25, -0.2) is 14.8 Å². The van der Waals surface area contributed by atoms with E-state index in [2.05, 4.69) is 26.7 Å². The van der Waals surface area contributed by atoms with Crippen LogP contribution in [0.5, 0.6) is 0 Å². The van der Waals surface area contributed by atoms with Crippen molar-refractivity contribution in [2.75, 3.05) is 18.0 Å². The van der Waals surface area contributed by atoms with E-state index in [0.717, 1.165) is 36.0 Å². The Hall–Kier alpha value is -3.97. The van der Waals surface area contributed by atoms with Gasteiger partial charge in [0.25, 0.3) is 5.56 Å². The summed E-state index contributed by atoms with van der Waals surface area (Å²) in [6.07, 6.45) is 2.59. The molecule has 36 heavy (non-hydrogen) atoms. The van der Waals surface area contributed by atoms with Gasteiger partial charge in [-0.1, -0.05) is 31.0 Å². The molecule has 4 heterocycles. The van der Waals surface area contributed by atoms with Crippen molar-refractivity contribution in [3.63, 3.8) is 0 Å². The molecule has 1 unspecified atom stereocenters. The topological polar surface area (TPSA) is 117 Å². The van der Waals surface area contributed by atoms with Crippen molar-refractivity contribution >= 4 is 28.0 Å². The zero-order valence-corrected chi connectivity index (χ0v) is 20.9. The molecule has 1 atom stereocenters. The second-order valence-corrected chi connectivity index (χ2v) is 9.20. The van der Waals surface area contributed by atoms with Crippen LogP contribution in [0, 0.1) is 18.8 Å². The first-order chi connectivity index (χ1) is 17.4. The summed E-state index contributed by atoms with van der Waals surface area (Å²) in [4.78, 5) is 43.2. The molecule has 0 bridgehead atoms. The summed E-state index contributed by atoms with van der Waals surface area (Å²) in [5.41, 5.74) is 7.59. The molecule has 4 aromatic rings. The SMILES string of the molecule is CCC#CCn1c(N2CCCC(N)C2)nc2c1c(=O)n(Cc1nc(C)c3ccccc3n1)c(=O)n2C. The Morgan fingerprint density at radius 2 is 1.92 bits per heavy atom. The van der Waals surface area contributed by atoms with E-state index in [1.54, 1.807) is 7.05 Å². The van der Waals surface area contributed by atoms with Crippen LogP contribution in [0.25, 0.3) is 22.1 Å². The highest BCUT2D eigenvalue weighted by Gasteiger charge is 2.26. The fraction of sp³-hybridized carbons (Fsp3) is 0.423. The minimum absolute atomic E-state index is 0.0301. The van der Waals surface area contributed by atoms with Crippen LogP contribution in [0.4, 0.5) is 5.95 Å².